The molecule has 11 heteroatoms. The number of amides is 2. The van der Waals surface area contributed by atoms with Gasteiger partial charge >= 0.3 is 6.03 Å². The fourth-order valence-electron chi connectivity index (χ4n) is 5.04. The smallest absolute Gasteiger partial charge is 0.323 e. The van der Waals surface area contributed by atoms with E-state index < -0.39 is 6.03 Å². The summed E-state index contributed by atoms with van der Waals surface area (Å²) in [5.74, 6) is 3.22. The predicted octanol–water partition coefficient (Wildman–Crippen LogP) is 10.1. The molecule has 4 N–H and O–H groups in total. The van der Waals surface area contributed by atoms with Crippen LogP contribution in [-0.2, 0) is 5.41 Å². The molecule has 1 heterocycles. The molecule has 0 aliphatic heterocycles. The second-order valence-electron chi connectivity index (χ2n) is 11.6. The molecular formula is C36H39N5O4S2. The van der Waals surface area contributed by atoms with Crippen molar-refractivity contribution >= 4 is 69.1 Å². The Morgan fingerprint density at radius 1 is 0.787 bits per heavy atom. The Morgan fingerprint density at radius 3 is 2.23 bits per heavy atom. The van der Waals surface area contributed by atoms with Crippen LogP contribution in [0.5, 0.6) is 23.0 Å². The topological polar surface area (TPSA) is 106 Å². The molecule has 0 saturated heterocycles. The quantitative estimate of drug-likeness (QED) is 0.0807. The summed E-state index contributed by atoms with van der Waals surface area (Å²) in [5.41, 5.74) is 3.76. The van der Waals surface area contributed by atoms with Crippen LogP contribution in [0, 0.1) is 0 Å². The minimum absolute atomic E-state index is 0.140. The third kappa shape index (κ3) is 7.98. The summed E-state index contributed by atoms with van der Waals surface area (Å²) < 4.78 is 20.8. The van der Waals surface area contributed by atoms with Gasteiger partial charge in [0.25, 0.3) is 0 Å². The standard InChI is InChI=1S/C36H39N5O4S2/c1-36(2,3)22-18-28(34(44-5)29(19-22)41-47-7)40-35(42)39-27-13-14-30(26-11-9-8-10-25(26)27)45-24-16-17-37-33(21-24)38-23-12-15-32(46-6)31(20-23)43-4/h8-21,41H,1-7H3,(H,37,38)(H2,39,40,42). The molecule has 5 rings (SSSR count). The van der Waals surface area contributed by atoms with Gasteiger partial charge in [-0.25, -0.2) is 9.78 Å². The fourth-order valence-corrected chi connectivity index (χ4v) is 5.96. The molecule has 0 bridgehead atoms. The van der Waals surface area contributed by atoms with Crippen molar-refractivity contribution in [1.29, 1.82) is 0 Å². The monoisotopic (exact) mass is 669 g/mol. The molecule has 1 aromatic heterocycles. The number of carbonyl (C=O) groups is 1. The molecule has 9 nitrogen and oxygen atoms in total. The number of hydrogen-bond donors (Lipinski definition) is 4. The molecule has 244 valence electrons. The highest BCUT2D eigenvalue weighted by molar-refractivity contribution is 7.99. The van der Waals surface area contributed by atoms with Crippen molar-refractivity contribution in [2.75, 3.05) is 47.4 Å². The van der Waals surface area contributed by atoms with Crippen LogP contribution in [0.1, 0.15) is 26.3 Å². The normalized spacial score (nSPS) is 11.1. The van der Waals surface area contributed by atoms with Crippen molar-refractivity contribution < 1.29 is 19.0 Å². The van der Waals surface area contributed by atoms with Gasteiger partial charge in [0.2, 0.25) is 0 Å². The van der Waals surface area contributed by atoms with E-state index in [4.69, 9.17) is 14.2 Å². The van der Waals surface area contributed by atoms with Crippen molar-refractivity contribution in [3.63, 3.8) is 0 Å². The number of ether oxygens (including phenoxy) is 3. The van der Waals surface area contributed by atoms with Crippen LogP contribution in [-0.4, -0.2) is 37.7 Å². The summed E-state index contributed by atoms with van der Waals surface area (Å²) in [6.07, 6.45) is 5.64. The van der Waals surface area contributed by atoms with E-state index >= 15 is 0 Å². The Kier molecular flexibility index (Phi) is 10.6. The highest BCUT2D eigenvalue weighted by Crippen LogP contribution is 2.40. The molecule has 0 aliphatic carbocycles. The van der Waals surface area contributed by atoms with E-state index in [0.29, 0.717) is 34.4 Å². The minimum atomic E-state index is -0.393. The number of nitrogens with zero attached hydrogens (tertiary/aromatic N) is 1. The molecule has 0 unspecified atom stereocenters. The van der Waals surface area contributed by atoms with Crippen LogP contribution in [0.25, 0.3) is 10.8 Å². The Morgan fingerprint density at radius 2 is 1.53 bits per heavy atom. The Labute approximate surface area is 284 Å². The zero-order chi connectivity index (χ0) is 33.6. The number of aromatic nitrogens is 1. The number of anilines is 5. The highest BCUT2D eigenvalue weighted by atomic mass is 32.2. The number of rotatable bonds is 11. The number of thioether (sulfide) groups is 1. The first-order valence-electron chi connectivity index (χ1n) is 14.9. The number of hydrogen-bond acceptors (Lipinski definition) is 9. The zero-order valence-corrected chi connectivity index (χ0v) is 29.1. The van der Waals surface area contributed by atoms with Crippen LogP contribution in [0.2, 0.25) is 0 Å². The molecule has 0 atom stereocenters. The van der Waals surface area contributed by atoms with Crippen LogP contribution in [0.4, 0.5) is 33.4 Å². The predicted molar refractivity (Wildman–Crippen MR) is 198 cm³/mol. The van der Waals surface area contributed by atoms with Gasteiger partial charge in [0, 0.05) is 45.9 Å². The van der Waals surface area contributed by atoms with Crippen LogP contribution >= 0.6 is 23.7 Å². The first kappa shape index (κ1) is 33.6. The first-order chi connectivity index (χ1) is 22.6. The molecule has 2 amide bonds. The van der Waals surface area contributed by atoms with Gasteiger partial charge in [0.15, 0.2) is 5.75 Å². The molecule has 5 aromatic rings. The average Bonchev–Trinajstić information content (AvgIpc) is 3.05. The van der Waals surface area contributed by atoms with E-state index in [1.165, 1.54) is 11.9 Å². The summed E-state index contributed by atoms with van der Waals surface area (Å²) in [5, 5.41) is 11.0. The summed E-state index contributed by atoms with van der Waals surface area (Å²) in [4.78, 5) is 18.9. The van der Waals surface area contributed by atoms with E-state index in [-0.39, 0.29) is 5.41 Å². The molecule has 0 fully saturated rings. The van der Waals surface area contributed by atoms with E-state index in [2.05, 4.69) is 46.4 Å². The number of methoxy groups -OCH3 is 2. The van der Waals surface area contributed by atoms with Crippen molar-refractivity contribution in [3.8, 4) is 23.0 Å². The second-order valence-corrected chi connectivity index (χ2v) is 13.0. The maximum atomic E-state index is 13.4. The first-order valence-corrected chi connectivity index (χ1v) is 17.3. The highest BCUT2D eigenvalue weighted by Gasteiger charge is 2.21. The Bertz CT molecular complexity index is 1890. The third-order valence-electron chi connectivity index (χ3n) is 7.37. The van der Waals surface area contributed by atoms with Gasteiger partial charge in [0.05, 0.1) is 31.3 Å². The lowest BCUT2D eigenvalue weighted by molar-refractivity contribution is 0.262. The van der Waals surface area contributed by atoms with E-state index in [1.807, 2.05) is 85.3 Å². The number of nitrogens with one attached hydrogen (secondary N) is 4. The number of benzene rings is 4. The summed E-state index contributed by atoms with van der Waals surface area (Å²) in [7, 11) is 3.25. The minimum Gasteiger partial charge on any atom is -0.496 e. The zero-order valence-electron chi connectivity index (χ0n) is 27.5. The SMILES string of the molecule is COc1cc(Nc2cc(Oc3ccc(NC(=O)Nc4cc(C(C)(C)C)cc(NSC)c4OC)c4ccccc34)ccn2)ccc1SC. The van der Waals surface area contributed by atoms with Gasteiger partial charge in [0.1, 0.15) is 23.1 Å². The average molecular weight is 670 g/mol. The second kappa shape index (κ2) is 14.8. The summed E-state index contributed by atoms with van der Waals surface area (Å²) in [6.45, 7) is 6.38. The Hall–Kier alpha value is -4.74. The maximum Gasteiger partial charge on any atom is 0.323 e. The number of fused-ring (bicyclic) bond motifs is 1. The van der Waals surface area contributed by atoms with Crippen molar-refractivity contribution in [2.24, 2.45) is 0 Å². The van der Waals surface area contributed by atoms with E-state index in [1.54, 1.807) is 38.2 Å². The van der Waals surface area contributed by atoms with Gasteiger partial charge in [-0.05, 0) is 59.7 Å². The molecule has 0 saturated carbocycles. The largest absolute Gasteiger partial charge is 0.496 e. The van der Waals surface area contributed by atoms with Crippen LogP contribution in [0.3, 0.4) is 0 Å². The maximum absolute atomic E-state index is 13.4. The summed E-state index contributed by atoms with van der Waals surface area (Å²) >= 11 is 3.08. The molecule has 0 aliphatic rings. The van der Waals surface area contributed by atoms with E-state index in [9.17, 15) is 4.79 Å². The fraction of sp³-hybridized carbons (Fsp3) is 0.222. The van der Waals surface area contributed by atoms with Gasteiger partial charge in [-0.3, -0.25) is 0 Å². The molecule has 0 spiro atoms. The van der Waals surface area contributed by atoms with Crippen LogP contribution in [0.15, 0.2) is 90.0 Å². The number of urea groups is 1. The lowest BCUT2D eigenvalue weighted by Crippen LogP contribution is -2.21. The molecule has 4 aromatic carbocycles. The number of pyridine rings is 1. The van der Waals surface area contributed by atoms with Crippen molar-refractivity contribution in [2.45, 2.75) is 31.1 Å². The van der Waals surface area contributed by atoms with Crippen LogP contribution < -0.4 is 34.9 Å². The van der Waals surface area contributed by atoms with Gasteiger partial charge in [-0.1, -0.05) is 57.0 Å². The summed E-state index contributed by atoms with van der Waals surface area (Å²) in [6, 6.07) is 24.6. The number of carbonyl (C=O) groups excluding carboxylic acids is 1. The third-order valence-corrected chi connectivity index (χ3v) is 8.57. The van der Waals surface area contributed by atoms with Gasteiger partial charge in [-0.15, -0.1) is 11.8 Å². The molecular weight excluding hydrogens is 631 g/mol. The van der Waals surface area contributed by atoms with Crippen molar-refractivity contribution in [3.05, 3.63) is 90.6 Å². The lowest BCUT2D eigenvalue weighted by atomic mass is 9.86. The van der Waals surface area contributed by atoms with Gasteiger partial charge in [-0.2, -0.15) is 0 Å². The van der Waals surface area contributed by atoms with Crippen molar-refractivity contribution in [1.82, 2.24) is 4.98 Å². The van der Waals surface area contributed by atoms with Gasteiger partial charge < -0.3 is 34.9 Å². The van der Waals surface area contributed by atoms with E-state index in [0.717, 1.165) is 38.4 Å². The molecule has 0 radical (unpaired) electrons. The lowest BCUT2D eigenvalue weighted by Gasteiger charge is -2.24. The molecule has 47 heavy (non-hydrogen) atoms. The Balaban J connectivity index is 1.37.